The van der Waals surface area contributed by atoms with E-state index in [0.29, 0.717) is 11.3 Å². The predicted octanol–water partition coefficient (Wildman–Crippen LogP) is 3.00. The molecule has 0 radical (unpaired) electrons. The maximum absolute atomic E-state index is 12.3. The van der Waals surface area contributed by atoms with Crippen molar-refractivity contribution in [3.05, 3.63) is 28.8 Å². The van der Waals surface area contributed by atoms with Crippen molar-refractivity contribution in [2.45, 2.75) is 58.8 Å². The fourth-order valence-corrected chi connectivity index (χ4v) is 2.74. The van der Waals surface area contributed by atoms with Crippen LogP contribution in [0.3, 0.4) is 0 Å². The van der Waals surface area contributed by atoms with Gasteiger partial charge in [0, 0.05) is 18.5 Å². The highest BCUT2D eigenvalue weighted by atomic mass is 16.6. The minimum Gasteiger partial charge on any atom is -0.459 e. The molecule has 0 amide bonds. The van der Waals surface area contributed by atoms with Gasteiger partial charge in [-0.1, -0.05) is 6.07 Å². The second-order valence-electron chi connectivity index (χ2n) is 5.78. The van der Waals surface area contributed by atoms with E-state index in [1.165, 1.54) is 0 Å². The summed E-state index contributed by atoms with van der Waals surface area (Å²) in [6.07, 6.45) is 1.66. The number of hydrogen-bond acceptors (Lipinski definition) is 4. The maximum atomic E-state index is 12.3. The Hall–Kier alpha value is -1.55. The lowest BCUT2D eigenvalue weighted by molar-refractivity contribution is -0.0855. The molecule has 1 fully saturated rings. The maximum Gasteiger partial charge on any atom is 0.338 e. The van der Waals surface area contributed by atoms with E-state index in [2.05, 4.69) is 0 Å². The van der Waals surface area contributed by atoms with Gasteiger partial charge in [0.05, 0.1) is 17.8 Å². The molecule has 0 aliphatic carbocycles. The molecule has 20 heavy (non-hydrogen) atoms. The molecule has 4 heteroatoms. The van der Waals surface area contributed by atoms with Crippen molar-refractivity contribution in [2.24, 2.45) is 0 Å². The van der Waals surface area contributed by atoms with Gasteiger partial charge in [-0.15, -0.1) is 0 Å². The Bertz CT molecular complexity index is 503. The molecule has 1 aliphatic heterocycles. The predicted molar refractivity (Wildman–Crippen MR) is 78.8 cm³/mol. The van der Waals surface area contributed by atoms with E-state index >= 15 is 0 Å². The van der Waals surface area contributed by atoms with E-state index in [1.807, 2.05) is 33.8 Å². The number of rotatable bonds is 2. The number of ether oxygens (including phenoxy) is 2. The molecule has 110 valence electrons. The summed E-state index contributed by atoms with van der Waals surface area (Å²) >= 11 is 0. The van der Waals surface area contributed by atoms with E-state index in [1.54, 1.807) is 6.07 Å². The lowest BCUT2D eigenvalue weighted by Crippen LogP contribution is -2.35. The van der Waals surface area contributed by atoms with Gasteiger partial charge in [0.15, 0.2) is 0 Å². The zero-order valence-corrected chi connectivity index (χ0v) is 12.6. The number of nitrogen functional groups attached to an aromatic ring is 1. The Kier molecular flexibility index (Phi) is 4.33. The zero-order chi connectivity index (χ0) is 14.9. The van der Waals surface area contributed by atoms with Gasteiger partial charge in [0.2, 0.25) is 0 Å². The van der Waals surface area contributed by atoms with Crippen LogP contribution in [0.5, 0.6) is 0 Å². The van der Waals surface area contributed by atoms with Gasteiger partial charge >= 0.3 is 5.97 Å². The molecular weight excluding hydrogens is 254 g/mol. The van der Waals surface area contributed by atoms with Crippen LogP contribution in [0, 0.1) is 13.8 Å². The Balaban J connectivity index is 2.10. The average Bonchev–Trinajstić information content (AvgIpc) is 2.32. The molecule has 0 spiro atoms. The van der Waals surface area contributed by atoms with E-state index in [-0.39, 0.29) is 24.3 Å². The molecule has 0 saturated carbocycles. The lowest BCUT2D eigenvalue weighted by Gasteiger charge is -2.31. The van der Waals surface area contributed by atoms with Crippen LogP contribution in [0.4, 0.5) is 5.69 Å². The van der Waals surface area contributed by atoms with E-state index in [0.717, 1.165) is 24.0 Å². The molecular formula is C16H23NO3. The normalized spacial score (nSPS) is 26.3. The highest BCUT2D eigenvalue weighted by Crippen LogP contribution is 2.24. The molecule has 2 unspecified atom stereocenters. The number of anilines is 1. The summed E-state index contributed by atoms with van der Waals surface area (Å²) in [5.41, 5.74) is 8.93. The van der Waals surface area contributed by atoms with Crippen molar-refractivity contribution in [1.82, 2.24) is 0 Å². The van der Waals surface area contributed by atoms with Crippen LogP contribution in [-0.4, -0.2) is 24.3 Å². The molecule has 0 aromatic heterocycles. The van der Waals surface area contributed by atoms with Crippen molar-refractivity contribution in [1.29, 1.82) is 0 Å². The van der Waals surface area contributed by atoms with Crippen molar-refractivity contribution < 1.29 is 14.3 Å². The van der Waals surface area contributed by atoms with Gasteiger partial charge < -0.3 is 15.2 Å². The smallest absolute Gasteiger partial charge is 0.338 e. The summed E-state index contributed by atoms with van der Waals surface area (Å²) in [5.74, 6) is -0.291. The Morgan fingerprint density at radius 1 is 1.20 bits per heavy atom. The van der Waals surface area contributed by atoms with E-state index in [4.69, 9.17) is 15.2 Å². The first-order valence-electron chi connectivity index (χ1n) is 7.10. The van der Waals surface area contributed by atoms with E-state index in [9.17, 15) is 4.79 Å². The minimum atomic E-state index is -0.291. The van der Waals surface area contributed by atoms with Crippen LogP contribution in [0.1, 0.15) is 48.2 Å². The summed E-state index contributed by atoms with van der Waals surface area (Å²) in [6.45, 7) is 7.84. The van der Waals surface area contributed by atoms with Gasteiger partial charge in [0.25, 0.3) is 0 Å². The molecule has 1 aliphatic rings. The van der Waals surface area contributed by atoms with Crippen LogP contribution in [0.25, 0.3) is 0 Å². The average molecular weight is 277 g/mol. The van der Waals surface area contributed by atoms with Gasteiger partial charge in [-0.2, -0.15) is 0 Å². The lowest BCUT2D eigenvalue weighted by atomic mass is 10.0. The number of benzene rings is 1. The quantitative estimate of drug-likeness (QED) is 0.667. The fraction of sp³-hybridized carbons (Fsp3) is 0.562. The molecule has 1 saturated heterocycles. The van der Waals surface area contributed by atoms with Crippen LogP contribution in [0.2, 0.25) is 0 Å². The third-order valence-corrected chi connectivity index (χ3v) is 3.76. The molecule has 4 nitrogen and oxygen atoms in total. The number of esters is 1. The third kappa shape index (κ3) is 3.31. The van der Waals surface area contributed by atoms with Gasteiger partial charge in [0.1, 0.15) is 6.10 Å². The Morgan fingerprint density at radius 2 is 1.80 bits per heavy atom. The Morgan fingerprint density at radius 3 is 2.40 bits per heavy atom. The summed E-state index contributed by atoms with van der Waals surface area (Å²) < 4.78 is 11.3. The number of carbonyl (C=O) groups excluding carboxylic acids is 1. The number of aryl methyl sites for hydroxylation is 2. The SMILES string of the molecule is Cc1cc(C)c(C(=O)OC2CC(C)OC(C)C2)cc1N. The molecule has 1 heterocycles. The van der Waals surface area contributed by atoms with Gasteiger partial charge in [-0.25, -0.2) is 4.79 Å². The first-order chi connectivity index (χ1) is 9.36. The number of nitrogens with two attached hydrogens (primary N) is 1. The summed E-state index contributed by atoms with van der Waals surface area (Å²) in [5, 5.41) is 0. The van der Waals surface area contributed by atoms with Gasteiger partial charge in [-0.3, -0.25) is 0 Å². The summed E-state index contributed by atoms with van der Waals surface area (Å²) in [6, 6.07) is 3.63. The molecule has 2 atom stereocenters. The first kappa shape index (κ1) is 14.9. The van der Waals surface area contributed by atoms with Crippen LogP contribution < -0.4 is 5.73 Å². The first-order valence-corrected chi connectivity index (χ1v) is 7.10. The second kappa shape index (κ2) is 5.83. The molecule has 1 aromatic rings. The molecule has 2 N–H and O–H groups in total. The Labute approximate surface area is 120 Å². The van der Waals surface area contributed by atoms with Crippen LogP contribution in [-0.2, 0) is 9.47 Å². The van der Waals surface area contributed by atoms with E-state index < -0.39 is 0 Å². The standard InChI is InChI=1S/C16H23NO3/c1-9-5-10(2)15(17)8-14(9)16(18)20-13-6-11(3)19-12(4)7-13/h5,8,11-13H,6-7,17H2,1-4H3. The van der Waals surface area contributed by atoms with Crippen LogP contribution in [0.15, 0.2) is 12.1 Å². The second-order valence-corrected chi connectivity index (χ2v) is 5.78. The highest BCUT2D eigenvalue weighted by molar-refractivity contribution is 5.92. The number of carbonyl (C=O) groups is 1. The highest BCUT2D eigenvalue weighted by Gasteiger charge is 2.28. The monoisotopic (exact) mass is 277 g/mol. The molecule has 1 aromatic carbocycles. The van der Waals surface area contributed by atoms with Crippen molar-refractivity contribution in [2.75, 3.05) is 5.73 Å². The van der Waals surface area contributed by atoms with Crippen LogP contribution >= 0.6 is 0 Å². The van der Waals surface area contributed by atoms with Crippen molar-refractivity contribution in [3.63, 3.8) is 0 Å². The zero-order valence-electron chi connectivity index (χ0n) is 12.6. The third-order valence-electron chi connectivity index (χ3n) is 3.76. The molecule has 2 rings (SSSR count). The van der Waals surface area contributed by atoms with Gasteiger partial charge in [-0.05, 0) is 44.9 Å². The fourth-order valence-electron chi connectivity index (χ4n) is 2.74. The number of hydrogen-bond donors (Lipinski definition) is 1. The molecule has 0 bridgehead atoms. The largest absolute Gasteiger partial charge is 0.459 e. The summed E-state index contributed by atoms with van der Waals surface area (Å²) in [7, 11) is 0. The van der Waals surface area contributed by atoms with Crippen molar-refractivity contribution >= 4 is 11.7 Å². The topological polar surface area (TPSA) is 61.5 Å². The minimum absolute atomic E-state index is 0.0804. The van der Waals surface area contributed by atoms with Crippen molar-refractivity contribution in [3.8, 4) is 0 Å². The summed E-state index contributed by atoms with van der Waals surface area (Å²) in [4.78, 5) is 12.3.